The Balaban J connectivity index is 0.000000122. The summed E-state index contributed by atoms with van der Waals surface area (Å²) < 4.78 is 11.2. The molecule has 0 aromatic heterocycles. The first-order valence-corrected chi connectivity index (χ1v) is 9.75. The van der Waals surface area contributed by atoms with Crippen LogP contribution < -0.4 is 0 Å². The van der Waals surface area contributed by atoms with Crippen LogP contribution in [-0.4, -0.2) is 11.7 Å². The maximum absolute atomic E-state index is 5.81. The fraction of sp³-hybridized carbons (Fsp3) is 0.810. The molecule has 0 spiro atoms. The lowest BCUT2D eigenvalue weighted by molar-refractivity contribution is -0.130. The van der Waals surface area contributed by atoms with Crippen LogP contribution in [0.1, 0.15) is 64.2 Å². The van der Waals surface area contributed by atoms with Crippen LogP contribution in [0, 0.1) is 29.6 Å². The Hall–Kier alpha value is -0.920. The van der Waals surface area contributed by atoms with Crippen molar-refractivity contribution in [2.45, 2.75) is 75.9 Å². The molecule has 23 heavy (non-hydrogen) atoms. The molecule has 0 saturated heterocycles. The van der Waals surface area contributed by atoms with E-state index in [1.165, 1.54) is 64.2 Å². The van der Waals surface area contributed by atoms with Crippen LogP contribution in [0.4, 0.5) is 0 Å². The number of ether oxygens (including phenoxy) is 2. The van der Waals surface area contributed by atoms with Crippen molar-refractivity contribution in [1.29, 1.82) is 0 Å². The van der Waals surface area contributed by atoms with Crippen molar-refractivity contribution >= 4 is 0 Å². The molecule has 0 radical (unpaired) electrons. The zero-order chi connectivity index (χ0) is 15.9. The third-order valence-corrected chi connectivity index (χ3v) is 7.26. The maximum Gasteiger partial charge on any atom is 0.109 e. The molecule has 3 atom stereocenters. The molecule has 6 rings (SSSR count). The molecule has 6 bridgehead atoms. The lowest BCUT2D eigenvalue weighted by Crippen LogP contribution is -2.51. The molecule has 0 aromatic carbocycles. The summed E-state index contributed by atoms with van der Waals surface area (Å²) in [6.07, 6.45) is 17.7. The Morgan fingerprint density at radius 1 is 0.739 bits per heavy atom. The second kappa shape index (κ2) is 6.18. The summed E-state index contributed by atoms with van der Waals surface area (Å²) in [6.45, 7) is 7.30. The Kier molecular flexibility index (Phi) is 4.19. The molecule has 3 unspecified atom stereocenters. The van der Waals surface area contributed by atoms with Gasteiger partial charge in [-0.1, -0.05) is 13.2 Å². The molecular formula is C21H32O2. The summed E-state index contributed by atoms with van der Waals surface area (Å²) in [7, 11) is 0. The SMILES string of the molecule is C=COC12CC3CC(CC(C3)C1)C2.C=COC1CC2CCC1C2. The molecule has 0 aliphatic heterocycles. The Labute approximate surface area is 141 Å². The lowest BCUT2D eigenvalue weighted by Gasteiger charge is -2.55. The molecule has 0 amide bonds. The fourth-order valence-electron chi connectivity index (χ4n) is 6.83. The highest BCUT2D eigenvalue weighted by atomic mass is 16.5. The molecule has 0 N–H and O–H groups in total. The van der Waals surface area contributed by atoms with Crippen molar-refractivity contribution in [3.63, 3.8) is 0 Å². The van der Waals surface area contributed by atoms with Crippen molar-refractivity contribution in [1.82, 2.24) is 0 Å². The summed E-state index contributed by atoms with van der Waals surface area (Å²) in [5.74, 6) is 4.78. The Morgan fingerprint density at radius 2 is 1.39 bits per heavy atom. The average Bonchev–Trinajstić information content (AvgIpc) is 3.09. The van der Waals surface area contributed by atoms with Gasteiger partial charge in [-0.05, 0) is 93.8 Å². The third-order valence-electron chi connectivity index (χ3n) is 7.26. The highest BCUT2D eigenvalue weighted by Crippen LogP contribution is 2.57. The summed E-state index contributed by atoms with van der Waals surface area (Å²) in [6, 6.07) is 0. The van der Waals surface area contributed by atoms with Crippen molar-refractivity contribution in [3.8, 4) is 0 Å². The largest absolute Gasteiger partial charge is 0.498 e. The first-order chi connectivity index (χ1) is 11.2. The van der Waals surface area contributed by atoms with Crippen LogP contribution in [-0.2, 0) is 9.47 Å². The number of hydrogen-bond donors (Lipinski definition) is 0. The van der Waals surface area contributed by atoms with E-state index in [0.29, 0.717) is 6.10 Å². The van der Waals surface area contributed by atoms with Crippen molar-refractivity contribution in [2.24, 2.45) is 29.6 Å². The molecular weight excluding hydrogens is 284 g/mol. The number of rotatable bonds is 4. The smallest absolute Gasteiger partial charge is 0.109 e. The van der Waals surface area contributed by atoms with Crippen LogP contribution in [0.25, 0.3) is 0 Å². The van der Waals surface area contributed by atoms with Crippen LogP contribution in [0.15, 0.2) is 25.7 Å². The first-order valence-electron chi connectivity index (χ1n) is 9.75. The van der Waals surface area contributed by atoms with Gasteiger partial charge in [0.2, 0.25) is 0 Å². The van der Waals surface area contributed by atoms with Crippen LogP contribution in [0.5, 0.6) is 0 Å². The molecule has 2 heteroatoms. The van der Waals surface area contributed by atoms with Gasteiger partial charge in [0.15, 0.2) is 0 Å². The van der Waals surface area contributed by atoms with E-state index in [2.05, 4.69) is 13.2 Å². The van der Waals surface area contributed by atoms with Crippen molar-refractivity contribution in [3.05, 3.63) is 25.7 Å². The van der Waals surface area contributed by atoms with Gasteiger partial charge in [0, 0.05) is 0 Å². The molecule has 6 fully saturated rings. The van der Waals surface area contributed by atoms with Crippen LogP contribution in [0.2, 0.25) is 0 Å². The second-order valence-electron chi connectivity index (χ2n) is 8.90. The number of hydrogen-bond acceptors (Lipinski definition) is 2. The van der Waals surface area contributed by atoms with Crippen LogP contribution >= 0.6 is 0 Å². The summed E-state index contributed by atoms with van der Waals surface area (Å²) in [5.41, 5.74) is 0.233. The lowest BCUT2D eigenvalue weighted by atomic mass is 9.54. The van der Waals surface area contributed by atoms with Gasteiger partial charge in [0.1, 0.15) is 11.7 Å². The number of fused-ring (bicyclic) bond motifs is 2. The third kappa shape index (κ3) is 3.06. The monoisotopic (exact) mass is 316 g/mol. The topological polar surface area (TPSA) is 18.5 Å². The fourth-order valence-corrected chi connectivity index (χ4v) is 6.83. The van der Waals surface area contributed by atoms with E-state index in [0.717, 1.165) is 29.6 Å². The second-order valence-corrected chi connectivity index (χ2v) is 8.90. The van der Waals surface area contributed by atoms with Gasteiger partial charge in [0.25, 0.3) is 0 Å². The minimum Gasteiger partial charge on any atom is -0.498 e. The Morgan fingerprint density at radius 3 is 1.83 bits per heavy atom. The standard InChI is InChI=1S/C12H18O.C9H14O/c1-2-13-12-6-9-3-10(7-12)5-11(4-9)8-12;1-2-10-9-6-7-3-4-8(9)5-7/h2,9-11H,1,3-8H2;2,7-9H,1,3-6H2. The zero-order valence-corrected chi connectivity index (χ0v) is 14.4. The first kappa shape index (κ1) is 15.6. The zero-order valence-electron chi connectivity index (χ0n) is 14.4. The quantitative estimate of drug-likeness (QED) is 0.642. The van der Waals surface area contributed by atoms with Gasteiger partial charge >= 0.3 is 0 Å². The van der Waals surface area contributed by atoms with E-state index in [-0.39, 0.29) is 5.60 Å². The van der Waals surface area contributed by atoms with Gasteiger partial charge < -0.3 is 9.47 Å². The maximum atomic E-state index is 5.81. The molecule has 6 aliphatic rings. The normalized spacial score (nSPS) is 48.5. The Bertz CT molecular complexity index is 419. The van der Waals surface area contributed by atoms with Gasteiger partial charge in [-0.15, -0.1) is 0 Å². The van der Waals surface area contributed by atoms with Crippen molar-refractivity contribution < 1.29 is 9.47 Å². The summed E-state index contributed by atoms with van der Waals surface area (Å²) >= 11 is 0. The predicted molar refractivity (Wildman–Crippen MR) is 92.7 cm³/mol. The van der Waals surface area contributed by atoms with E-state index < -0.39 is 0 Å². The van der Waals surface area contributed by atoms with E-state index in [9.17, 15) is 0 Å². The van der Waals surface area contributed by atoms with E-state index in [1.807, 2.05) is 0 Å². The van der Waals surface area contributed by atoms with Gasteiger partial charge in [-0.25, -0.2) is 0 Å². The van der Waals surface area contributed by atoms with E-state index >= 15 is 0 Å². The van der Waals surface area contributed by atoms with E-state index in [4.69, 9.17) is 9.47 Å². The molecule has 0 aromatic rings. The highest BCUT2D eigenvalue weighted by Gasteiger charge is 2.52. The molecule has 0 heterocycles. The minimum absolute atomic E-state index is 0.233. The van der Waals surface area contributed by atoms with E-state index in [1.54, 1.807) is 12.5 Å². The van der Waals surface area contributed by atoms with Crippen molar-refractivity contribution in [2.75, 3.05) is 0 Å². The average molecular weight is 316 g/mol. The molecule has 6 saturated carbocycles. The predicted octanol–water partition coefficient (Wildman–Crippen LogP) is 5.45. The van der Waals surface area contributed by atoms with Gasteiger partial charge in [-0.2, -0.15) is 0 Å². The van der Waals surface area contributed by atoms with Crippen LogP contribution in [0.3, 0.4) is 0 Å². The molecule has 6 aliphatic carbocycles. The summed E-state index contributed by atoms with van der Waals surface area (Å²) in [5, 5.41) is 0. The molecule has 2 nitrogen and oxygen atoms in total. The minimum atomic E-state index is 0.233. The molecule has 128 valence electrons. The van der Waals surface area contributed by atoms with Gasteiger partial charge in [0.05, 0.1) is 12.5 Å². The summed E-state index contributed by atoms with van der Waals surface area (Å²) in [4.78, 5) is 0. The highest BCUT2D eigenvalue weighted by molar-refractivity contribution is 5.03. The van der Waals surface area contributed by atoms with Gasteiger partial charge in [-0.3, -0.25) is 0 Å².